The Morgan fingerprint density at radius 2 is 1.91 bits per heavy atom. The van der Waals surface area contributed by atoms with Crippen LogP contribution in [0.2, 0.25) is 0 Å². The average molecular weight is 491 g/mol. The monoisotopic (exact) mass is 490 g/mol. The number of aromatic nitrogens is 1. The van der Waals surface area contributed by atoms with E-state index in [9.17, 15) is 23.3 Å². The molecule has 0 saturated carbocycles. The summed E-state index contributed by atoms with van der Waals surface area (Å²) in [5, 5.41) is 14.2. The van der Waals surface area contributed by atoms with Crippen molar-refractivity contribution in [3.05, 3.63) is 52.1 Å². The molecule has 0 radical (unpaired) electrons. The van der Waals surface area contributed by atoms with Crippen LogP contribution in [0.4, 0.5) is 10.8 Å². The van der Waals surface area contributed by atoms with Gasteiger partial charge in [-0.3, -0.25) is 14.9 Å². The Labute approximate surface area is 194 Å². The summed E-state index contributed by atoms with van der Waals surface area (Å²) >= 11 is 1.12. The zero-order valence-corrected chi connectivity index (χ0v) is 19.6. The van der Waals surface area contributed by atoms with Crippen molar-refractivity contribution in [2.24, 2.45) is 5.92 Å². The molecule has 1 N–H and O–H groups in total. The second-order valence-electron chi connectivity index (χ2n) is 7.75. The molecule has 10 nitrogen and oxygen atoms in total. The van der Waals surface area contributed by atoms with Gasteiger partial charge in [0.15, 0.2) is 10.9 Å². The van der Waals surface area contributed by atoms with Crippen molar-refractivity contribution in [2.45, 2.75) is 24.7 Å². The molecule has 174 valence electrons. The first-order chi connectivity index (χ1) is 15.7. The van der Waals surface area contributed by atoms with Crippen LogP contribution in [0.5, 0.6) is 5.75 Å². The van der Waals surface area contributed by atoms with Gasteiger partial charge in [0.25, 0.3) is 5.69 Å². The van der Waals surface area contributed by atoms with Crippen LogP contribution in [-0.2, 0) is 14.8 Å². The van der Waals surface area contributed by atoms with Gasteiger partial charge < -0.3 is 10.1 Å². The first-order valence-corrected chi connectivity index (χ1v) is 12.5. The smallest absolute Gasteiger partial charge is 0.274 e. The van der Waals surface area contributed by atoms with Gasteiger partial charge in [-0.2, -0.15) is 4.31 Å². The first kappa shape index (κ1) is 23.1. The third-order valence-electron chi connectivity index (χ3n) is 5.59. The van der Waals surface area contributed by atoms with Crippen LogP contribution in [0, 0.1) is 23.0 Å². The maximum atomic E-state index is 12.9. The van der Waals surface area contributed by atoms with Crippen molar-refractivity contribution in [3.63, 3.8) is 0 Å². The highest BCUT2D eigenvalue weighted by Crippen LogP contribution is 2.36. The summed E-state index contributed by atoms with van der Waals surface area (Å²) < 4.78 is 32.9. The third kappa shape index (κ3) is 4.68. The number of methoxy groups -OCH3 is 1. The number of non-ortho nitro benzene ring substituents is 1. The highest BCUT2D eigenvalue weighted by atomic mass is 32.2. The van der Waals surface area contributed by atoms with Gasteiger partial charge in [0.05, 0.1) is 27.7 Å². The maximum Gasteiger partial charge on any atom is 0.274 e. The van der Waals surface area contributed by atoms with Crippen molar-refractivity contribution in [2.75, 3.05) is 25.5 Å². The molecule has 4 rings (SSSR count). The molecule has 1 aliphatic heterocycles. The van der Waals surface area contributed by atoms with Crippen molar-refractivity contribution >= 4 is 48.3 Å². The summed E-state index contributed by atoms with van der Waals surface area (Å²) in [4.78, 5) is 28.0. The van der Waals surface area contributed by atoms with E-state index in [1.54, 1.807) is 24.3 Å². The third-order valence-corrected chi connectivity index (χ3v) is 8.42. The lowest BCUT2D eigenvalue weighted by atomic mass is 9.97. The second-order valence-corrected chi connectivity index (χ2v) is 10.7. The molecule has 0 aliphatic carbocycles. The molecule has 3 aromatic rings. The first-order valence-electron chi connectivity index (χ1n) is 10.2. The van der Waals surface area contributed by atoms with E-state index in [4.69, 9.17) is 4.74 Å². The van der Waals surface area contributed by atoms with Crippen LogP contribution >= 0.6 is 11.3 Å². The van der Waals surface area contributed by atoms with E-state index in [1.807, 2.05) is 6.92 Å². The van der Waals surface area contributed by atoms with Crippen LogP contribution < -0.4 is 10.1 Å². The zero-order chi connectivity index (χ0) is 23.8. The Balaban J connectivity index is 1.43. The molecule has 2 heterocycles. The van der Waals surface area contributed by atoms with Crippen LogP contribution in [-0.4, -0.2) is 48.7 Å². The molecule has 1 aromatic heterocycles. The van der Waals surface area contributed by atoms with Crippen molar-refractivity contribution < 1.29 is 22.9 Å². The normalized spacial score (nSPS) is 15.5. The number of nitrogens with zero attached hydrogens (tertiary/aromatic N) is 3. The minimum Gasteiger partial charge on any atom is -0.494 e. The van der Waals surface area contributed by atoms with Crippen LogP contribution in [0.1, 0.15) is 18.4 Å². The van der Waals surface area contributed by atoms with Gasteiger partial charge in [0, 0.05) is 25.1 Å². The number of piperidine rings is 1. The minimum atomic E-state index is -3.60. The molecule has 1 aliphatic rings. The number of thiazole rings is 1. The molecule has 12 heteroatoms. The predicted molar refractivity (Wildman–Crippen MR) is 124 cm³/mol. The quantitative estimate of drug-likeness (QED) is 0.413. The van der Waals surface area contributed by atoms with Crippen molar-refractivity contribution in [1.82, 2.24) is 9.29 Å². The number of fused-ring (bicyclic) bond motifs is 1. The molecule has 1 amide bonds. The number of hydrogen-bond acceptors (Lipinski definition) is 8. The Kier molecular flexibility index (Phi) is 6.32. The Morgan fingerprint density at radius 1 is 1.24 bits per heavy atom. The summed E-state index contributed by atoms with van der Waals surface area (Å²) in [7, 11) is -2.20. The number of rotatable bonds is 6. The molecule has 0 unspecified atom stereocenters. The lowest BCUT2D eigenvalue weighted by Crippen LogP contribution is -2.41. The molecular weight excluding hydrogens is 468 g/mol. The maximum absolute atomic E-state index is 12.9. The number of nitro benzene ring substituents is 1. The number of amides is 1. The summed E-state index contributed by atoms with van der Waals surface area (Å²) in [5.74, 6) is -0.363. The van der Waals surface area contributed by atoms with Crippen LogP contribution in [0.25, 0.3) is 10.2 Å². The fourth-order valence-corrected chi connectivity index (χ4v) is 6.11. The van der Waals surface area contributed by atoms with Crippen molar-refractivity contribution in [1.29, 1.82) is 0 Å². The van der Waals surface area contributed by atoms with E-state index in [0.717, 1.165) is 16.9 Å². The van der Waals surface area contributed by atoms with E-state index in [1.165, 1.54) is 23.5 Å². The Bertz CT molecular complexity index is 1310. The number of carbonyl (C=O) groups excluding carboxylic acids is 1. The van der Waals surface area contributed by atoms with Gasteiger partial charge in [-0.15, -0.1) is 0 Å². The molecule has 2 aromatic carbocycles. The van der Waals surface area contributed by atoms with Gasteiger partial charge in [-0.05, 0) is 31.9 Å². The molecule has 33 heavy (non-hydrogen) atoms. The number of nitro groups is 1. The van der Waals surface area contributed by atoms with E-state index >= 15 is 0 Å². The Morgan fingerprint density at radius 3 is 2.52 bits per heavy atom. The number of benzene rings is 2. The lowest BCUT2D eigenvalue weighted by molar-refractivity contribution is -0.384. The molecule has 0 bridgehead atoms. The minimum absolute atomic E-state index is 0.122. The Hall–Kier alpha value is -3.09. The number of hydrogen-bond donors (Lipinski definition) is 1. The standard InChI is InChI=1S/C21H22N4O6S2/c1-13-3-5-16(6-4-13)33(29,30)24-9-7-14(8-10-24)20(26)23-21-22-19-17(31-2)11-15(25(27)28)12-18(19)32-21/h3-6,11-12,14H,7-10H2,1-2H3,(H,22,23,26). The fraction of sp³-hybridized carbons (Fsp3) is 0.333. The van der Waals surface area contributed by atoms with Gasteiger partial charge in [0.2, 0.25) is 15.9 Å². The van der Waals surface area contributed by atoms with Crippen molar-refractivity contribution in [3.8, 4) is 5.75 Å². The number of nitrogens with one attached hydrogen (secondary N) is 1. The number of ether oxygens (including phenoxy) is 1. The molecule has 1 fully saturated rings. The molecule has 1 saturated heterocycles. The van der Waals surface area contributed by atoms with E-state index in [0.29, 0.717) is 28.2 Å². The van der Waals surface area contributed by atoms with Crippen LogP contribution in [0.15, 0.2) is 41.3 Å². The topological polar surface area (TPSA) is 132 Å². The number of carbonyl (C=O) groups is 1. The molecule has 0 atom stereocenters. The SMILES string of the molecule is COc1cc([N+](=O)[O-])cc2sc(NC(=O)C3CCN(S(=O)(=O)c4ccc(C)cc4)CC3)nc12. The van der Waals surface area contributed by atoms with Gasteiger partial charge in [0.1, 0.15) is 5.52 Å². The average Bonchev–Trinajstić information content (AvgIpc) is 3.21. The molecule has 0 spiro atoms. The largest absolute Gasteiger partial charge is 0.494 e. The summed E-state index contributed by atoms with van der Waals surface area (Å²) in [6.07, 6.45) is 0.771. The van der Waals surface area contributed by atoms with Crippen LogP contribution in [0.3, 0.4) is 0 Å². The highest BCUT2D eigenvalue weighted by Gasteiger charge is 2.32. The zero-order valence-electron chi connectivity index (χ0n) is 18.0. The summed E-state index contributed by atoms with van der Waals surface area (Å²) in [5.41, 5.74) is 1.29. The number of aryl methyl sites for hydroxylation is 1. The highest BCUT2D eigenvalue weighted by molar-refractivity contribution is 7.89. The lowest BCUT2D eigenvalue weighted by Gasteiger charge is -2.30. The van der Waals surface area contributed by atoms with E-state index < -0.39 is 14.9 Å². The van der Waals surface area contributed by atoms with E-state index in [-0.39, 0.29) is 41.2 Å². The van der Waals surface area contributed by atoms with Gasteiger partial charge in [-0.25, -0.2) is 13.4 Å². The predicted octanol–water partition coefficient (Wildman–Crippen LogP) is 3.56. The number of sulfonamides is 1. The number of anilines is 1. The van der Waals surface area contributed by atoms with Gasteiger partial charge >= 0.3 is 0 Å². The molecular formula is C21H22N4O6S2. The fourth-order valence-electron chi connectivity index (χ4n) is 3.72. The van der Waals surface area contributed by atoms with Gasteiger partial charge in [-0.1, -0.05) is 29.0 Å². The second kappa shape index (κ2) is 9.04. The van der Waals surface area contributed by atoms with E-state index in [2.05, 4.69) is 10.3 Å². The summed E-state index contributed by atoms with van der Waals surface area (Å²) in [6, 6.07) is 9.38. The summed E-state index contributed by atoms with van der Waals surface area (Å²) in [6.45, 7) is 2.38.